The molecule has 0 aliphatic heterocycles. The van der Waals surface area contributed by atoms with Gasteiger partial charge in [-0.05, 0) is 25.0 Å². The van der Waals surface area contributed by atoms with Gasteiger partial charge in [0.1, 0.15) is 0 Å². The Morgan fingerprint density at radius 1 is 1.41 bits per heavy atom. The first-order valence-corrected chi connectivity index (χ1v) is 5.93. The topological polar surface area (TPSA) is 42.2 Å². The number of nitrogens with zero attached hydrogens (tertiary/aromatic N) is 1. The Kier molecular flexibility index (Phi) is 3.18. The van der Waals surface area contributed by atoms with Gasteiger partial charge in [0.2, 0.25) is 0 Å². The fourth-order valence-corrected chi connectivity index (χ4v) is 2.16. The van der Waals surface area contributed by atoms with Crippen LogP contribution in [0.5, 0.6) is 0 Å². The van der Waals surface area contributed by atoms with Gasteiger partial charge in [-0.3, -0.25) is 4.79 Å². The third-order valence-electron chi connectivity index (χ3n) is 3.16. The van der Waals surface area contributed by atoms with Crippen LogP contribution in [-0.2, 0) is 17.8 Å². The highest BCUT2D eigenvalue weighted by atomic mass is 16.4. The Morgan fingerprint density at radius 2 is 2.12 bits per heavy atom. The van der Waals surface area contributed by atoms with Crippen LogP contribution in [0.2, 0.25) is 0 Å². The molecule has 1 unspecified atom stereocenters. The minimum atomic E-state index is -0.738. The smallest absolute Gasteiger partial charge is 0.306 e. The van der Waals surface area contributed by atoms with Crippen molar-refractivity contribution >= 4 is 16.9 Å². The Balaban J connectivity index is 2.44. The van der Waals surface area contributed by atoms with Gasteiger partial charge in [-0.15, -0.1) is 0 Å². The van der Waals surface area contributed by atoms with E-state index in [1.54, 1.807) is 6.92 Å². The summed E-state index contributed by atoms with van der Waals surface area (Å²) in [6.07, 6.45) is 2.66. The van der Waals surface area contributed by atoms with Crippen molar-refractivity contribution in [1.29, 1.82) is 0 Å². The molecule has 2 rings (SSSR count). The first-order chi connectivity index (χ1) is 8.13. The molecule has 0 saturated carbocycles. The maximum atomic E-state index is 10.9. The van der Waals surface area contributed by atoms with Crippen LogP contribution in [0.25, 0.3) is 10.9 Å². The number of aromatic nitrogens is 1. The third kappa shape index (κ3) is 2.18. The van der Waals surface area contributed by atoms with Crippen LogP contribution in [0.4, 0.5) is 0 Å². The minimum absolute atomic E-state index is 0.342. The number of para-hydroxylation sites is 1. The molecule has 0 bridgehead atoms. The quantitative estimate of drug-likeness (QED) is 0.879. The van der Waals surface area contributed by atoms with Gasteiger partial charge in [0.25, 0.3) is 0 Å². The molecule has 17 heavy (non-hydrogen) atoms. The molecule has 3 nitrogen and oxygen atoms in total. The van der Waals surface area contributed by atoms with Gasteiger partial charge in [-0.2, -0.15) is 0 Å². The number of aryl methyl sites for hydroxylation is 1. The molecular formula is C14H17NO2. The molecule has 1 aromatic carbocycles. The second-order valence-corrected chi connectivity index (χ2v) is 4.40. The molecular weight excluding hydrogens is 214 g/mol. The average Bonchev–Trinajstić information content (AvgIpc) is 2.68. The number of hydrogen-bond donors (Lipinski definition) is 1. The van der Waals surface area contributed by atoms with E-state index >= 15 is 0 Å². The van der Waals surface area contributed by atoms with Crippen LogP contribution >= 0.6 is 0 Å². The van der Waals surface area contributed by atoms with Crippen LogP contribution in [0.3, 0.4) is 0 Å². The standard InChI is InChI=1S/C14H17NO2/c1-3-15-9-11(8-10(2)14(16)17)12-6-4-5-7-13(12)15/h4-7,9-10H,3,8H2,1-2H3,(H,16,17). The summed E-state index contributed by atoms with van der Waals surface area (Å²) in [7, 11) is 0. The molecule has 0 radical (unpaired) electrons. The monoisotopic (exact) mass is 231 g/mol. The van der Waals surface area contributed by atoms with Crippen molar-refractivity contribution in [2.75, 3.05) is 0 Å². The first-order valence-electron chi connectivity index (χ1n) is 5.93. The van der Waals surface area contributed by atoms with Crippen LogP contribution in [0, 0.1) is 5.92 Å². The van der Waals surface area contributed by atoms with E-state index in [-0.39, 0.29) is 5.92 Å². The van der Waals surface area contributed by atoms with Crippen molar-refractivity contribution in [3.63, 3.8) is 0 Å². The van der Waals surface area contributed by atoms with Crippen LogP contribution < -0.4 is 0 Å². The number of fused-ring (bicyclic) bond motifs is 1. The van der Waals surface area contributed by atoms with Crippen LogP contribution in [0.1, 0.15) is 19.4 Å². The summed E-state index contributed by atoms with van der Waals surface area (Å²) in [6, 6.07) is 8.15. The summed E-state index contributed by atoms with van der Waals surface area (Å²) in [5.74, 6) is -1.08. The third-order valence-corrected chi connectivity index (χ3v) is 3.16. The zero-order valence-corrected chi connectivity index (χ0v) is 10.2. The predicted octanol–water partition coefficient (Wildman–Crippen LogP) is 2.92. The fraction of sp³-hybridized carbons (Fsp3) is 0.357. The summed E-state index contributed by atoms with van der Waals surface area (Å²) in [6.45, 7) is 4.75. The molecule has 0 saturated heterocycles. The highest BCUT2D eigenvalue weighted by Gasteiger charge is 2.15. The highest BCUT2D eigenvalue weighted by molar-refractivity contribution is 5.84. The van der Waals surface area contributed by atoms with E-state index in [9.17, 15) is 4.79 Å². The lowest BCUT2D eigenvalue weighted by molar-refractivity contribution is -0.141. The van der Waals surface area contributed by atoms with Gasteiger partial charge in [0.05, 0.1) is 5.92 Å². The second-order valence-electron chi connectivity index (χ2n) is 4.40. The lowest BCUT2D eigenvalue weighted by atomic mass is 10.0. The van der Waals surface area contributed by atoms with Gasteiger partial charge in [-0.25, -0.2) is 0 Å². The number of rotatable bonds is 4. The van der Waals surface area contributed by atoms with Crippen LogP contribution in [-0.4, -0.2) is 15.6 Å². The number of carbonyl (C=O) groups is 1. The molecule has 2 aromatic rings. The summed E-state index contributed by atoms with van der Waals surface area (Å²) in [4.78, 5) is 10.9. The summed E-state index contributed by atoms with van der Waals surface area (Å²) >= 11 is 0. The molecule has 1 heterocycles. The molecule has 0 fully saturated rings. The largest absolute Gasteiger partial charge is 0.481 e. The Hall–Kier alpha value is -1.77. The molecule has 1 atom stereocenters. The minimum Gasteiger partial charge on any atom is -0.481 e. The van der Waals surface area contributed by atoms with Crippen molar-refractivity contribution in [3.8, 4) is 0 Å². The van der Waals surface area contributed by atoms with Crippen molar-refractivity contribution in [2.24, 2.45) is 5.92 Å². The number of carboxylic acids is 1. The molecule has 90 valence electrons. The van der Waals surface area contributed by atoms with Gasteiger partial charge in [-0.1, -0.05) is 25.1 Å². The predicted molar refractivity (Wildman–Crippen MR) is 68.1 cm³/mol. The Morgan fingerprint density at radius 3 is 2.76 bits per heavy atom. The molecule has 0 amide bonds. The molecule has 1 aromatic heterocycles. The number of carboxylic acid groups (broad SMARTS) is 1. The van der Waals surface area contributed by atoms with Crippen LogP contribution in [0.15, 0.2) is 30.5 Å². The van der Waals surface area contributed by atoms with Crippen molar-refractivity contribution in [3.05, 3.63) is 36.0 Å². The van der Waals surface area contributed by atoms with E-state index in [2.05, 4.69) is 29.8 Å². The van der Waals surface area contributed by atoms with E-state index in [1.807, 2.05) is 12.1 Å². The van der Waals surface area contributed by atoms with Gasteiger partial charge in [0.15, 0.2) is 0 Å². The maximum absolute atomic E-state index is 10.9. The Bertz CT molecular complexity index is 542. The summed E-state index contributed by atoms with van der Waals surface area (Å²) in [5, 5.41) is 10.1. The van der Waals surface area contributed by atoms with E-state index in [4.69, 9.17) is 5.11 Å². The van der Waals surface area contributed by atoms with E-state index in [0.29, 0.717) is 6.42 Å². The zero-order chi connectivity index (χ0) is 12.4. The lowest BCUT2D eigenvalue weighted by Crippen LogP contribution is -2.11. The van der Waals surface area contributed by atoms with Crippen molar-refractivity contribution < 1.29 is 9.90 Å². The van der Waals surface area contributed by atoms with E-state index in [1.165, 1.54) is 10.9 Å². The van der Waals surface area contributed by atoms with Crippen molar-refractivity contribution in [2.45, 2.75) is 26.8 Å². The summed E-state index contributed by atoms with van der Waals surface area (Å²) in [5.41, 5.74) is 2.31. The Labute approximate surface area is 101 Å². The second kappa shape index (κ2) is 4.62. The van der Waals surface area contributed by atoms with Gasteiger partial charge in [0, 0.05) is 23.6 Å². The lowest BCUT2D eigenvalue weighted by Gasteiger charge is -2.04. The maximum Gasteiger partial charge on any atom is 0.306 e. The zero-order valence-electron chi connectivity index (χ0n) is 10.2. The van der Waals surface area contributed by atoms with Crippen molar-refractivity contribution in [1.82, 2.24) is 4.57 Å². The highest BCUT2D eigenvalue weighted by Crippen LogP contribution is 2.23. The molecule has 0 aliphatic carbocycles. The SMILES string of the molecule is CCn1cc(CC(C)C(=O)O)c2ccccc21. The first kappa shape index (κ1) is 11.7. The summed E-state index contributed by atoms with van der Waals surface area (Å²) < 4.78 is 2.17. The number of aliphatic carboxylic acids is 1. The average molecular weight is 231 g/mol. The fourth-order valence-electron chi connectivity index (χ4n) is 2.16. The molecule has 3 heteroatoms. The normalized spacial score (nSPS) is 12.8. The molecule has 0 aliphatic rings. The van der Waals surface area contributed by atoms with E-state index in [0.717, 1.165) is 12.1 Å². The number of benzene rings is 1. The van der Waals surface area contributed by atoms with Gasteiger partial charge >= 0.3 is 5.97 Å². The van der Waals surface area contributed by atoms with Gasteiger partial charge < -0.3 is 9.67 Å². The molecule has 1 N–H and O–H groups in total. The molecule has 0 spiro atoms. The number of hydrogen-bond acceptors (Lipinski definition) is 1. The van der Waals surface area contributed by atoms with E-state index < -0.39 is 5.97 Å².